The fourth-order valence-corrected chi connectivity index (χ4v) is 4.31. The first-order valence-electron chi connectivity index (χ1n) is 11.1. The number of carbonyl (C=O) groups is 1. The molecule has 31 heavy (non-hydrogen) atoms. The highest BCUT2D eigenvalue weighted by Crippen LogP contribution is 2.23. The van der Waals surface area contributed by atoms with E-state index in [0.717, 1.165) is 56.0 Å². The second kappa shape index (κ2) is 10.5. The maximum Gasteiger partial charge on any atom is 0.236 e. The summed E-state index contributed by atoms with van der Waals surface area (Å²) in [7, 11) is 1.95. The first kappa shape index (κ1) is 22.1. The summed E-state index contributed by atoms with van der Waals surface area (Å²) < 4.78 is 13.7. The van der Waals surface area contributed by atoms with Crippen LogP contribution in [0.3, 0.4) is 0 Å². The maximum absolute atomic E-state index is 12.6. The number of carbonyl (C=O) groups excluding carboxylic acids is 1. The Morgan fingerprint density at radius 2 is 1.97 bits per heavy atom. The molecule has 1 unspecified atom stereocenters. The van der Waals surface area contributed by atoms with Crippen LogP contribution in [-0.2, 0) is 23.0 Å². The summed E-state index contributed by atoms with van der Waals surface area (Å²) in [6.45, 7) is 4.91. The van der Waals surface area contributed by atoms with Gasteiger partial charge in [-0.25, -0.2) is 0 Å². The van der Waals surface area contributed by atoms with Crippen molar-refractivity contribution < 1.29 is 14.3 Å². The summed E-state index contributed by atoms with van der Waals surface area (Å²) >= 11 is 5.91. The lowest BCUT2D eigenvalue weighted by Crippen LogP contribution is -2.46. The van der Waals surface area contributed by atoms with Gasteiger partial charge < -0.3 is 14.4 Å². The number of morpholine rings is 1. The van der Waals surface area contributed by atoms with Crippen molar-refractivity contribution in [3.8, 4) is 5.75 Å². The van der Waals surface area contributed by atoms with Gasteiger partial charge in [0, 0.05) is 50.4 Å². The summed E-state index contributed by atoms with van der Waals surface area (Å²) in [6.07, 6.45) is 4.11. The van der Waals surface area contributed by atoms with Crippen LogP contribution in [-0.4, -0.2) is 71.4 Å². The van der Waals surface area contributed by atoms with Gasteiger partial charge in [0.25, 0.3) is 0 Å². The molecule has 0 aliphatic carbocycles. The van der Waals surface area contributed by atoms with Crippen LogP contribution in [0.4, 0.5) is 0 Å². The van der Waals surface area contributed by atoms with Crippen molar-refractivity contribution in [1.29, 1.82) is 0 Å². The number of halogens is 1. The van der Waals surface area contributed by atoms with Crippen molar-refractivity contribution in [2.75, 3.05) is 45.9 Å². The summed E-state index contributed by atoms with van der Waals surface area (Å²) in [4.78, 5) is 16.8. The van der Waals surface area contributed by atoms with Crippen LogP contribution in [0.1, 0.15) is 36.8 Å². The minimum absolute atomic E-state index is 0.111. The standard InChI is InChI=1S/C23H31ClN4O3/c1-26-19(9-13-30-20-7-5-18(24)6-8-20)15-21(25-26)22-16-27(12-14-31-22)17-23(29)28-10-3-2-4-11-28/h5-8,15,22H,2-4,9-14,16-17H2,1H3. The molecule has 1 atom stereocenters. The molecule has 0 bridgehead atoms. The van der Waals surface area contributed by atoms with E-state index in [-0.39, 0.29) is 12.0 Å². The number of amides is 1. The molecule has 1 aromatic carbocycles. The van der Waals surface area contributed by atoms with Gasteiger partial charge in [-0.2, -0.15) is 5.10 Å². The smallest absolute Gasteiger partial charge is 0.236 e. The summed E-state index contributed by atoms with van der Waals surface area (Å²) in [5.74, 6) is 1.04. The fraction of sp³-hybridized carbons (Fsp3) is 0.565. The zero-order valence-electron chi connectivity index (χ0n) is 18.1. The van der Waals surface area contributed by atoms with Gasteiger partial charge in [0.05, 0.1) is 25.5 Å². The predicted molar refractivity (Wildman–Crippen MR) is 119 cm³/mol. The minimum Gasteiger partial charge on any atom is -0.493 e. The number of likely N-dealkylation sites (tertiary alicyclic amines) is 1. The highest BCUT2D eigenvalue weighted by Gasteiger charge is 2.27. The third kappa shape index (κ3) is 5.99. The molecule has 3 heterocycles. The Bertz CT molecular complexity index is 864. The van der Waals surface area contributed by atoms with Crippen LogP contribution in [0.15, 0.2) is 30.3 Å². The number of ether oxygens (including phenoxy) is 2. The SMILES string of the molecule is Cn1nc(C2CN(CC(=O)N3CCCCC3)CCO2)cc1CCOc1ccc(Cl)cc1. The van der Waals surface area contributed by atoms with E-state index >= 15 is 0 Å². The highest BCUT2D eigenvalue weighted by atomic mass is 35.5. The van der Waals surface area contributed by atoms with Crippen molar-refractivity contribution in [1.82, 2.24) is 19.6 Å². The lowest BCUT2D eigenvalue weighted by atomic mass is 10.1. The van der Waals surface area contributed by atoms with Crippen molar-refractivity contribution >= 4 is 17.5 Å². The number of hydrogen-bond acceptors (Lipinski definition) is 5. The van der Waals surface area contributed by atoms with E-state index in [0.29, 0.717) is 31.3 Å². The number of piperidine rings is 1. The third-order valence-corrected chi connectivity index (χ3v) is 6.24. The van der Waals surface area contributed by atoms with Crippen molar-refractivity contribution in [3.63, 3.8) is 0 Å². The molecule has 1 amide bonds. The van der Waals surface area contributed by atoms with E-state index in [4.69, 9.17) is 21.1 Å². The Kier molecular flexibility index (Phi) is 7.48. The van der Waals surface area contributed by atoms with E-state index in [2.05, 4.69) is 16.1 Å². The van der Waals surface area contributed by atoms with Gasteiger partial charge in [-0.1, -0.05) is 11.6 Å². The molecule has 0 saturated carbocycles. The summed E-state index contributed by atoms with van der Waals surface area (Å²) in [5, 5.41) is 5.37. The Balaban J connectivity index is 1.29. The second-order valence-electron chi connectivity index (χ2n) is 8.27. The Morgan fingerprint density at radius 3 is 2.74 bits per heavy atom. The molecule has 4 rings (SSSR count). The van der Waals surface area contributed by atoms with Gasteiger partial charge in [-0.05, 0) is 49.6 Å². The van der Waals surface area contributed by atoms with Crippen molar-refractivity contribution in [2.24, 2.45) is 7.05 Å². The molecule has 0 radical (unpaired) electrons. The first-order chi connectivity index (χ1) is 15.1. The summed E-state index contributed by atoms with van der Waals surface area (Å²) in [6, 6.07) is 9.47. The number of rotatable bonds is 7. The second-order valence-corrected chi connectivity index (χ2v) is 8.71. The molecule has 8 heteroatoms. The highest BCUT2D eigenvalue weighted by molar-refractivity contribution is 6.30. The van der Waals surface area contributed by atoms with Gasteiger partial charge in [0.1, 0.15) is 11.9 Å². The van der Waals surface area contributed by atoms with E-state index in [1.54, 1.807) is 0 Å². The normalized spacial score (nSPS) is 20.1. The average Bonchev–Trinajstić information content (AvgIpc) is 3.16. The minimum atomic E-state index is -0.111. The molecule has 2 aliphatic heterocycles. The number of aromatic nitrogens is 2. The molecule has 168 valence electrons. The van der Waals surface area contributed by atoms with Gasteiger partial charge >= 0.3 is 0 Å². The molecule has 2 fully saturated rings. The third-order valence-electron chi connectivity index (χ3n) is 5.98. The van der Waals surface area contributed by atoms with Crippen LogP contribution in [0, 0.1) is 0 Å². The van der Waals surface area contributed by atoms with Crippen molar-refractivity contribution in [3.05, 3.63) is 46.7 Å². The fourth-order valence-electron chi connectivity index (χ4n) is 4.19. The first-order valence-corrected chi connectivity index (χ1v) is 11.5. The molecule has 2 aliphatic rings. The van der Waals surface area contributed by atoms with Gasteiger partial charge in [0.15, 0.2) is 0 Å². The monoisotopic (exact) mass is 446 g/mol. The lowest BCUT2D eigenvalue weighted by molar-refractivity contribution is -0.135. The molecule has 0 N–H and O–H groups in total. The number of hydrogen-bond donors (Lipinski definition) is 0. The van der Waals surface area contributed by atoms with Crippen LogP contribution in [0.2, 0.25) is 5.02 Å². The maximum atomic E-state index is 12.6. The Morgan fingerprint density at radius 1 is 1.19 bits per heavy atom. The number of aryl methyl sites for hydroxylation is 1. The van der Waals surface area contributed by atoms with Gasteiger partial charge in [-0.15, -0.1) is 0 Å². The average molecular weight is 447 g/mol. The molecule has 0 spiro atoms. The zero-order chi connectivity index (χ0) is 21.6. The van der Waals surface area contributed by atoms with E-state index in [1.165, 1.54) is 6.42 Å². The molecule has 2 aromatic rings. The van der Waals surface area contributed by atoms with Crippen LogP contribution in [0.5, 0.6) is 5.75 Å². The molecular weight excluding hydrogens is 416 g/mol. The summed E-state index contributed by atoms with van der Waals surface area (Å²) in [5.41, 5.74) is 2.01. The van der Waals surface area contributed by atoms with Crippen LogP contribution < -0.4 is 4.74 Å². The van der Waals surface area contributed by atoms with E-state index < -0.39 is 0 Å². The van der Waals surface area contributed by atoms with Gasteiger partial charge in [0.2, 0.25) is 5.91 Å². The molecule has 2 saturated heterocycles. The van der Waals surface area contributed by atoms with E-state index in [1.807, 2.05) is 40.9 Å². The Hall–Kier alpha value is -2.09. The van der Waals surface area contributed by atoms with Gasteiger partial charge in [-0.3, -0.25) is 14.4 Å². The Labute approximate surface area is 188 Å². The zero-order valence-corrected chi connectivity index (χ0v) is 18.9. The van der Waals surface area contributed by atoms with Crippen LogP contribution >= 0.6 is 11.6 Å². The number of nitrogens with zero attached hydrogens (tertiary/aromatic N) is 4. The molecule has 7 nitrogen and oxygen atoms in total. The van der Waals surface area contributed by atoms with Crippen LogP contribution in [0.25, 0.3) is 0 Å². The molecule has 1 aromatic heterocycles. The van der Waals surface area contributed by atoms with Crippen molar-refractivity contribution in [2.45, 2.75) is 31.8 Å². The topological polar surface area (TPSA) is 59.8 Å². The quantitative estimate of drug-likeness (QED) is 0.654. The van der Waals surface area contributed by atoms with E-state index in [9.17, 15) is 4.79 Å². The lowest BCUT2D eigenvalue weighted by Gasteiger charge is -2.34. The predicted octanol–water partition coefficient (Wildman–Crippen LogP) is 3.08. The molecular formula is C23H31ClN4O3. The largest absolute Gasteiger partial charge is 0.493 e. The number of benzene rings is 1.